The van der Waals surface area contributed by atoms with E-state index in [1.807, 2.05) is 50.2 Å². The molecule has 116 valence electrons. The molecule has 0 amide bonds. The predicted octanol–water partition coefficient (Wildman–Crippen LogP) is 2.23. The summed E-state index contributed by atoms with van der Waals surface area (Å²) in [5.74, 6) is 0.358. The van der Waals surface area contributed by atoms with Gasteiger partial charge in [-0.2, -0.15) is 5.10 Å². The number of anilines is 2. The van der Waals surface area contributed by atoms with Crippen molar-refractivity contribution >= 4 is 17.9 Å². The highest BCUT2D eigenvalue weighted by atomic mass is 16.1. The average Bonchev–Trinajstić information content (AvgIpc) is 2.47. The van der Waals surface area contributed by atoms with Gasteiger partial charge in [0.15, 0.2) is 0 Å². The molecule has 1 aromatic heterocycles. The molecule has 0 unspecified atom stereocenters. The van der Waals surface area contributed by atoms with Gasteiger partial charge in [-0.25, -0.2) is 10.4 Å². The maximum Gasteiger partial charge on any atom is 0.252 e. The number of nitrogens with zero attached hydrogens (tertiary/aromatic N) is 3. The summed E-state index contributed by atoms with van der Waals surface area (Å²) in [5.41, 5.74) is 5.44. The number of hydrogen-bond donors (Lipinski definition) is 2. The van der Waals surface area contributed by atoms with Gasteiger partial charge in [-0.3, -0.25) is 9.78 Å². The molecular weight excluding hydrogens is 278 g/mol. The zero-order valence-electron chi connectivity index (χ0n) is 13.1. The first-order chi connectivity index (χ1) is 10.6. The average molecular weight is 299 g/mol. The van der Waals surface area contributed by atoms with Crippen molar-refractivity contribution in [2.24, 2.45) is 5.10 Å². The molecule has 2 aromatic rings. The van der Waals surface area contributed by atoms with Gasteiger partial charge >= 0.3 is 0 Å². The zero-order chi connectivity index (χ0) is 15.9. The van der Waals surface area contributed by atoms with Crippen molar-refractivity contribution in [1.29, 1.82) is 0 Å². The third-order valence-electron chi connectivity index (χ3n) is 3.09. The maximum atomic E-state index is 11.5. The number of nitrogens with one attached hydrogen (secondary N) is 2. The van der Waals surface area contributed by atoms with E-state index in [2.05, 4.69) is 20.5 Å². The van der Waals surface area contributed by atoms with Gasteiger partial charge in [0, 0.05) is 31.5 Å². The molecule has 22 heavy (non-hydrogen) atoms. The Bertz CT molecular complexity index is 688. The van der Waals surface area contributed by atoms with E-state index in [1.54, 1.807) is 6.21 Å². The first-order valence-electron chi connectivity index (χ1n) is 7.25. The van der Waals surface area contributed by atoms with E-state index in [1.165, 1.54) is 6.07 Å². The van der Waals surface area contributed by atoms with Crippen LogP contribution in [0, 0.1) is 0 Å². The lowest BCUT2D eigenvalue weighted by Gasteiger charge is -2.11. The number of hydrogen-bond acceptors (Lipinski definition) is 5. The van der Waals surface area contributed by atoms with Crippen molar-refractivity contribution < 1.29 is 0 Å². The number of aryl methyl sites for hydroxylation is 1. The topological polar surface area (TPSA) is 73.4 Å². The number of rotatable bonds is 6. The summed E-state index contributed by atoms with van der Waals surface area (Å²) in [6.45, 7) is 2.05. The number of aromatic amines is 1. The summed E-state index contributed by atoms with van der Waals surface area (Å²) in [6.07, 6.45) is 3.40. The molecule has 2 N–H and O–H groups in total. The minimum absolute atomic E-state index is 0.175. The molecular formula is C16H21N5O. The Balaban J connectivity index is 2.04. The Kier molecular flexibility index (Phi) is 5.30. The molecule has 0 fully saturated rings. The lowest BCUT2D eigenvalue weighted by Crippen LogP contribution is -2.12. The molecule has 1 aromatic carbocycles. The van der Waals surface area contributed by atoms with Gasteiger partial charge in [-0.05, 0) is 24.1 Å². The normalized spacial score (nSPS) is 10.9. The van der Waals surface area contributed by atoms with Crippen LogP contribution in [0.15, 0.2) is 40.2 Å². The van der Waals surface area contributed by atoms with Crippen LogP contribution < -0.4 is 15.9 Å². The first kappa shape index (κ1) is 15.8. The van der Waals surface area contributed by atoms with Gasteiger partial charge in [-0.1, -0.05) is 25.5 Å². The standard InChI is InChI=1S/C16H21N5O/c1-4-5-13-10-15(22)19-16(18-13)20-17-11-12-6-8-14(9-7-12)21(2)3/h6-11H,4-5H2,1-3H3,(H2,18,19,20,22). The maximum absolute atomic E-state index is 11.5. The van der Waals surface area contributed by atoms with Gasteiger partial charge in [0.1, 0.15) is 0 Å². The molecule has 0 atom stereocenters. The lowest BCUT2D eigenvalue weighted by molar-refractivity contribution is 0.867. The van der Waals surface area contributed by atoms with Crippen LogP contribution in [-0.4, -0.2) is 30.3 Å². The summed E-state index contributed by atoms with van der Waals surface area (Å²) >= 11 is 0. The minimum Gasteiger partial charge on any atom is -0.378 e. The molecule has 0 saturated carbocycles. The highest BCUT2D eigenvalue weighted by molar-refractivity contribution is 5.80. The van der Waals surface area contributed by atoms with Crippen LogP contribution in [0.1, 0.15) is 24.6 Å². The van der Waals surface area contributed by atoms with E-state index in [0.29, 0.717) is 5.95 Å². The second kappa shape index (κ2) is 7.40. The fourth-order valence-corrected chi connectivity index (χ4v) is 1.97. The molecule has 0 aliphatic rings. The number of hydrazone groups is 1. The second-order valence-corrected chi connectivity index (χ2v) is 5.19. The van der Waals surface area contributed by atoms with Gasteiger partial charge < -0.3 is 4.90 Å². The van der Waals surface area contributed by atoms with Crippen LogP contribution in [0.3, 0.4) is 0 Å². The fourth-order valence-electron chi connectivity index (χ4n) is 1.97. The Hall–Kier alpha value is -2.63. The summed E-state index contributed by atoms with van der Waals surface area (Å²) in [5, 5.41) is 4.11. The number of H-pyrrole nitrogens is 1. The van der Waals surface area contributed by atoms with E-state index in [0.717, 1.165) is 29.8 Å². The van der Waals surface area contributed by atoms with Crippen LogP contribution in [0.5, 0.6) is 0 Å². The fraction of sp³-hybridized carbons (Fsp3) is 0.312. The van der Waals surface area contributed by atoms with Gasteiger partial charge in [0.25, 0.3) is 5.56 Å². The van der Waals surface area contributed by atoms with E-state index in [9.17, 15) is 4.79 Å². The van der Waals surface area contributed by atoms with Gasteiger partial charge in [0.2, 0.25) is 5.95 Å². The molecule has 0 bridgehead atoms. The molecule has 6 nitrogen and oxygen atoms in total. The SMILES string of the molecule is CCCc1cc(=O)[nH]c(NN=Cc2ccc(N(C)C)cc2)n1. The second-order valence-electron chi connectivity index (χ2n) is 5.19. The molecule has 0 aliphatic carbocycles. The highest BCUT2D eigenvalue weighted by Crippen LogP contribution is 2.11. The summed E-state index contributed by atoms with van der Waals surface area (Å²) in [4.78, 5) is 20.5. The number of benzene rings is 1. The van der Waals surface area contributed by atoms with Crippen molar-refractivity contribution in [1.82, 2.24) is 9.97 Å². The largest absolute Gasteiger partial charge is 0.378 e. The van der Waals surface area contributed by atoms with E-state index < -0.39 is 0 Å². The highest BCUT2D eigenvalue weighted by Gasteiger charge is 1.99. The summed E-state index contributed by atoms with van der Waals surface area (Å²) in [6, 6.07) is 9.50. The predicted molar refractivity (Wildman–Crippen MR) is 90.8 cm³/mol. The third-order valence-corrected chi connectivity index (χ3v) is 3.09. The Morgan fingerprint density at radius 2 is 2.05 bits per heavy atom. The lowest BCUT2D eigenvalue weighted by atomic mass is 10.2. The van der Waals surface area contributed by atoms with E-state index >= 15 is 0 Å². The zero-order valence-corrected chi connectivity index (χ0v) is 13.1. The van der Waals surface area contributed by atoms with Crippen molar-refractivity contribution in [3.8, 4) is 0 Å². The molecule has 0 spiro atoms. The van der Waals surface area contributed by atoms with Crippen LogP contribution in [-0.2, 0) is 6.42 Å². The molecule has 6 heteroatoms. The first-order valence-corrected chi connectivity index (χ1v) is 7.25. The van der Waals surface area contributed by atoms with Crippen molar-refractivity contribution in [2.45, 2.75) is 19.8 Å². The smallest absolute Gasteiger partial charge is 0.252 e. The van der Waals surface area contributed by atoms with Crippen molar-refractivity contribution in [2.75, 3.05) is 24.4 Å². The van der Waals surface area contributed by atoms with E-state index in [-0.39, 0.29) is 5.56 Å². The minimum atomic E-state index is -0.175. The Morgan fingerprint density at radius 1 is 1.32 bits per heavy atom. The molecule has 2 rings (SSSR count). The third kappa shape index (κ3) is 4.44. The van der Waals surface area contributed by atoms with Crippen molar-refractivity contribution in [3.63, 3.8) is 0 Å². The van der Waals surface area contributed by atoms with Crippen LogP contribution in [0.2, 0.25) is 0 Å². The van der Waals surface area contributed by atoms with Crippen LogP contribution in [0.25, 0.3) is 0 Å². The summed E-state index contributed by atoms with van der Waals surface area (Å²) in [7, 11) is 3.99. The Morgan fingerprint density at radius 3 is 2.68 bits per heavy atom. The Labute approximate surface area is 129 Å². The quantitative estimate of drug-likeness (QED) is 0.634. The van der Waals surface area contributed by atoms with E-state index in [4.69, 9.17) is 0 Å². The molecule has 0 radical (unpaired) electrons. The van der Waals surface area contributed by atoms with Crippen LogP contribution in [0.4, 0.5) is 11.6 Å². The van der Waals surface area contributed by atoms with Crippen molar-refractivity contribution in [3.05, 3.63) is 51.9 Å². The van der Waals surface area contributed by atoms with Crippen LogP contribution >= 0.6 is 0 Å². The number of aromatic nitrogens is 2. The van der Waals surface area contributed by atoms with Gasteiger partial charge in [-0.15, -0.1) is 0 Å². The van der Waals surface area contributed by atoms with Gasteiger partial charge in [0.05, 0.1) is 6.21 Å². The molecule has 1 heterocycles. The summed E-state index contributed by atoms with van der Waals surface area (Å²) < 4.78 is 0. The molecule has 0 aliphatic heterocycles. The monoisotopic (exact) mass is 299 g/mol. The molecule has 0 saturated heterocycles.